The van der Waals surface area contributed by atoms with E-state index in [1.54, 1.807) is 12.1 Å². The summed E-state index contributed by atoms with van der Waals surface area (Å²) in [6.07, 6.45) is 1.33. The number of nitrogens with zero attached hydrogens (tertiary/aromatic N) is 4. The van der Waals surface area contributed by atoms with Gasteiger partial charge in [-0.3, -0.25) is 10.1 Å². The third-order valence-electron chi connectivity index (χ3n) is 3.93. The van der Waals surface area contributed by atoms with E-state index in [0.29, 0.717) is 28.9 Å². The molecule has 0 unspecified atom stereocenters. The SMILES string of the molecule is O=[N+]([O-])c1cc(Br)ccc1N1CCN(S(=O)(=O)Cc2ccon2)CC1. The van der Waals surface area contributed by atoms with E-state index in [4.69, 9.17) is 0 Å². The molecule has 1 aromatic heterocycles. The lowest BCUT2D eigenvalue weighted by molar-refractivity contribution is -0.384. The Morgan fingerprint density at radius 3 is 2.56 bits per heavy atom. The Labute approximate surface area is 152 Å². The summed E-state index contributed by atoms with van der Waals surface area (Å²) in [5.41, 5.74) is 0.834. The molecule has 0 atom stereocenters. The molecule has 2 aromatic rings. The lowest BCUT2D eigenvalue weighted by Crippen LogP contribution is -2.49. The van der Waals surface area contributed by atoms with Crippen LogP contribution >= 0.6 is 15.9 Å². The fraction of sp³-hybridized carbons (Fsp3) is 0.357. The van der Waals surface area contributed by atoms with Gasteiger partial charge in [0.1, 0.15) is 17.7 Å². The van der Waals surface area contributed by atoms with Gasteiger partial charge in [-0.2, -0.15) is 4.31 Å². The standard InChI is InChI=1S/C14H15BrN4O5S/c15-11-1-2-13(14(9-11)19(20)21)17-4-6-18(7-5-17)25(22,23)10-12-3-8-24-16-12/h1-3,8-9H,4-7,10H2. The van der Waals surface area contributed by atoms with Crippen molar-refractivity contribution in [1.29, 1.82) is 0 Å². The zero-order valence-electron chi connectivity index (χ0n) is 13.0. The number of hydrogen-bond donors (Lipinski definition) is 0. The number of hydrogen-bond acceptors (Lipinski definition) is 7. The van der Waals surface area contributed by atoms with Crippen LogP contribution in [0.5, 0.6) is 0 Å². The predicted octanol–water partition coefficient (Wildman–Crippen LogP) is 2.00. The van der Waals surface area contributed by atoms with Gasteiger partial charge in [0, 0.05) is 42.8 Å². The van der Waals surface area contributed by atoms with Crippen LogP contribution in [0.25, 0.3) is 0 Å². The molecule has 11 heteroatoms. The van der Waals surface area contributed by atoms with Crippen molar-refractivity contribution in [1.82, 2.24) is 9.46 Å². The summed E-state index contributed by atoms with van der Waals surface area (Å²) in [6.45, 7) is 1.27. The molecule has 0 aliphatic carbocycles. The van der Waals surface area contributed by atoms with E-state index in [0.717, 1.165) is 0 Å². The minimum absolute atomic E-state index is 0.00622. The quantitative estimate of drug-likeness (QED) is 0.526. The fourth-order valence-electron chi connectivity index (χ4n) is 2.71. The largest absolute Gasteiger partial charge is 0.364 e. The smallest absolute Gasteiger partial charge is 0.293 e. The highest BCUT2D eigenvalue weighted by molar-refractivity contribution is 9.10. The van der Waals surface area contributed by atoms with Crippen LogP contribution in [0.4, 0.5) is 11.4 Å². The molecule has 0 bridgehead atoms. The summed E-state index contributed by atoms with van der Waals surface area (Å²) in [5.74, 6) is -0.220. The molecular weight excluding hydrogens is 416 g/mol. The van der Waals surface area contributed by atoms with Crippen molar-refractivity contribution in [3.05, 3.63) is 50.8 Å². The van der Waals surface area contributed by atoms with Crippen LogP contribution in [0.3, 0.4) is 0 Å². The topological polar surface area (TPSA) is 110 Å². The molecule has 0 radical (unpaired) electrons. The number of sulfonamides is 1. The van der Waals surface area contributed by atoms with Gasteiger partial charge >= 0.3 is 0 Å². The maximum Gasteiger partial charge on any atom is 0.293 e. The predicted molar refractivity (Wildman–Crippen MR) is 93.7 cm³/mol. The maximum absolute atomic E-state index is 12.4. The first-order valence-electron chi connectivity index (χ1n) is 7.43. The molecule has 0 saturated carbocycles. The van der Waals surface area contributed by atoms with Crippen LogP contribution in [-0.4, -0.2) is 49.0 Å². The van der Waals surface area contributed by atoms with Crippen LogP contribution in [0.15, 0.2) is 39.5 Å². The van der Waals surface area contributed by atoms with Crippen molar-refractivity contribution in [3.8, 4) is 0 Å². The summed E-state index contributed by atoms with van der Waals surface area (Å²) in [5, 5.41) is 14.9. The molecule has 0 spiro atoms. The number of anilines is 1. The van der Waals surface area contributed by atoms with Gasteiger partial charge in [0.2, 0.25) is 10.0 Å². The highest BCUT2D eigenvalue weighted by Crippen LogP contribution is 2.32. The van der Waals surface area contributed by atoms with E-state index < -0.39 is 14.9 Å². The molecule has 1 aliphatic heterocycles. The number of aromatic nitrogens is 1. The Balaban J connectivity index is 1.71. The lowest BCUT2D eigenvalue weighted by atomic mass is 10.2. The molecule has 9 nitrogen and oxygen atoms in total. The summed E-state index contributed by atoms with van der Waals surface area (Å²) in [4.78, 5) is 12.6. The molecule has 1 aromatic carbocycles. The van der Waals surface area contributed by atoms with Crippen LogP contribution in [-0.2, 0) is 15.8 Å². The average molecular weight is 431 g/mol. The van der Waals surface area contributed by atoms with Gasteiger partial charge in [0.05, 0.1) is 10.6 Å². The van der Waals surface area contributed by atoms with Gasteiger partial charge < -0.3 is 9.42 Å². The zero-order chi connectivity index (χ0) is 18.0. The molecule has 0 amide bonds. The molecule has 134 valence electrons. The van der Waals surface area contributed by atoms with Crippen molar-refractivity contribution in [3.63, 3.8) is 0 Å². The van der Waals surface area contributed by atoms with Crippen LogP contribution < -0.4 is 4.90 Å². The van der Waals surface area contributed by atoms with Gasteiger partial charge in [-0.15, -0.1) is 0 Å². The average Bonchev–Trinajstić information content (AvgIpc) is 3.07. The van der Waals surface area contributed by atoms with Gasteiger partial charge in [-0.25, -0.2) is 8.42 Å². The van der Waals surface area contributed by atoms with Gasteiger partial charge in [0.15, 0.2) is 0 Å². The molecule has 1 saturated heterocycles. The second kappa shape index (κ2) is 7.10. The van der Waals surface area contributed by atoms with Crippen LogP contribution in [0, 0.1) is 10.1 Å². The Hall–Kier alpha value is -1.98. The monoisotopic (exact) mass is 430 g/mol. The van der Waals surface area contributed by atoms with Crippen molar-refractivity contribution >= 4 is 37.3 Å². The number of piperazine rings is 1. The minimum atomic E-state index is -3.50. The normalized spacial score (nSPS) is 16.1. The second-order valence-corrected chi connectivity index (χ2v) is 8.41. The van der Waals surface area contributed by atoms with Crippen molar-refractivity contribution < 1.29 is 17.9 Å². The molecule has 1 aliphatic rings. The first-order valence-corrected chi connectivity index (χ1v) is 9.83. The van der Waals surface area contributed by atoms with E-state index in [-0.39, 0.29) is 24.5 Å². The zero-order valence-corrected chi connectivity index (χ0v) is 15.4. The Bertz CT molecular complexity index is 863. The van der Waals surface area contributed by atoms with Crippen LogP contribution in [0.1, 0.15) is 5.69 Å². The second-order valence-electron chi connectivity index (χ2n) is 5.52. The fourth-order valence-corrected chi connectivity index (χ4v) is 4.48. The van der Waals surface area contributed by atoms with Crippen molar-refractivity contribution in [2.24, 2.45) is 0 Å². The van der Waals surface area contributed by atoms with Gasteiger partial charge in [-0.05, 0) is 12.1 Å². The highest BCUT2D eigenvalue weighted by Gasteiger charge is 2.30. The van der Waals surface area contributed by atoms with E-state index in [1.807, 2.05) is 4.90 Å². The van der Waals surface area contributed by atoms with Crippen LogP contribution in [0.2, 0.25) is 0 Å². The molecule has 0 N–H and O–H groups in total. The lowest BCUT2D eigenvalue weighted by Gasteiger charge is -2.35. The molecule has 25 heavy (non-hydrogen) atoms. The van der Waals surface area contributed by atoms with Gasteiger partial charge in [-0.1, -0.05) is 21.1 Å². The Kier molecular flexibility index (Phi) is 5.06. The van der Waals surface area contributed by atoms with Gasteiger partial charge in [0.25, 0.3) is 5.69 Å². The first-order chi connectivity index (χ1) is 11.9. The molecule has 3 rings (SSSR count). The summed E-state index contributed by atoms with van der Waals surface area (Å²) < 4.78 is 31.5. The number of halogens is 1. The van der Waals surface area contributed by atoms with Crippen molar-refractivity contribution in [2.45, 2.75) is 5.75 Å². The van der Waals surface area contributed by atoms with E-state index >= 15 is 0 Å². The molecule has 1 fully saturated rings. The maximum atomic E-state index is 12.4. The van der Waals surface area contributed by atoms with Crippen molar-refractivity contribution in [2.75, 3.05) is 31.1 Å². The van der Waals surface area contributed by atoms with E-state index in [2.05, 4.69) is 25.6 Å². The highest BCUT2D eigenvalue weighted by atomic mass is 79.9. The first kappa shape index (κ1) is 17.8. The van der Waals surface area contributed by atoms with E-state index in [1.165, 1.54) is 22.7 Å². The number of nitro benzene ring substituents is 1. The summed E-state index contributed by atoms with van der Waals surface area (Å²) in [6, 6.07) is 6.36. The summed E-state index contributed by atoms with van der Waals surface area (Å²) in [7, 11) is -3.50. The summed E-state index contributed by atoms with van der Waals surface area (Å²) >= 11 is 3.23. The number of benzene rings is 1. The minimum Gasteiger partial charge on any atom is -0.364 e. The number of rotatable bonds is 5. The Morgan fingerprint density at radius 2 is 1.96 bits per heavy atom. The Morgan fingerprint density at radius 1 is 1.24 bits per heavy atom. The third-order valence-corrected chi connectivity index (χ3v) is 6.23. The molecular formula is C14H15BrN4O5S. The van der Waals surface area contributed by atoms with E-state index in [9.17, 15) is 18.5 Å². The number of nitro groups is 1. The third kappa shape index (κ3) is 3.99. The molecule has 2 heterocycles.